The van der Waals surface area contributed by atoms with E-state index in [0.29, 0.717) is 22.8 Å². The summed E-state index contributed by atoms with van der Waals surface area (Å²) in [6.45, 7) is 13.1. The molecule has 0 spiro atoms. The van der Waals surface area contributed by atoms with Gasteiger partial charge < -0.3 is 19.6 Å². The normalized spacial score (nSPS) is 14.8. The van der Waals surface area contributed by atoms with Crippen LogP contribution in [0.3, 0.4) is 0 Å². The van der Waals surface area contributed by atoms with Crippen molar-refractivity contribution in [2.45, 2.75) is 70.8 Å². The number of carboxylic acids is 1. The van der Waals surface area contributed by atoms with Crippen LogP contribution < -0.4 is 10.1 Å². The van der Waals surface area contributed by atoms with Crippen molar-refractivity contribution >= 4 is 37.9 Å². The Kier molecular flexibility index (Phi) is 12.0. The molecule has 0 fully saturated rings. The number of benzene rings is 1. The van der Waals surface area contributed by atoms with Gasteiger partial charge in [0.15, 0.2) is 8.32 Å². The molecule has 0 bridgehead atoms. The number of aliphatic carboxylic acids is 1. The predicted octanol–water partition coefficient (Wildman–Crippen LogP) is 6.54. The monoisotopic (exact) mass is 572 g/mol. The highest BCUT2D eigenvalue weighted by molar-refractivity contribution is 6.74. The van der Waals surface area contributed by atoms with E-state index in [1.165, 1.54) is 13.2 Å². The van der Waals surface area contributed by atoms with Crippen LogP contribution in [0.25, 0.3) is 6.08 Å². The zero-order chi connectivity index (χ0) is 29.2. The fourth-order valence-electron chi connectivity index (χ4n) is 3.59. The molecule has 0 radical (unpaired) electrons. The first kappa shape index (κ1) is 32.3. The van der Waals surface area contributed by atoms with Gasteiger partial charge in [-0.05, 0) is 65.9 Å². The molecule has 3 unspecified atom stereocenters. The number of carbonyl (C=O) groups excluding carboxylic acids is 1. The second-order valence-electron chi connectivity index (χ2n) is 11.1. The van der Waals surface area contributed by atoms with Crippen molar-refractivity contribution in [1.29, 1.82) is 0 Å². The van der Waals surface area contributed by atoms with E-state index in [0.717, 1.165) is 5.56 Å². The first-order valence-corrected chi connectivity index (χ1v) is 16.3. The summed E-state index contributed by atoms with van der Waals surface area (Å²) >= 11 is 6.17. The standard InChI is InChI=1S/C30H41ClN2O5Si/c1-21(13-14-22-10-9-17-32-20-22)26(38-39(6,7)30(2,3)4)11-8-12-28(34)33-25(29(35)36)19-23-15-16-27(37-5)24(31)18-23/h8-10,12-18,20-21,25-26H,11,19H2,1-7H3,(H,33,34)(H,35,36)/b12-8+,14-13+. The number of pyridine rings is 1. The van der Waals surface area contributed by atoms with Gasteiger partial charge in [-0.1, -0.05) is 69.7 Å². The van der Waals surface area contributed by atoms with Crippen LogP contribution in [0, 0.1) is 5.92 Å². The van der Waals surface area contributed by atoms with Crippen molar-refractivity contribution in [3.8, 4) is 5.75 Å². The molecular formula is C30H41ClN2O5Si. The number of carbonyl (C=O) groups is 2. The molecule has 0 aliphatic heterocycles. The topological polar surface area (TPSA) is 97.8 Å². The number of carboxylic acid groups (broad SMARTS) is 1. The quantitative estimate of drug-likeness (QED) is 0.209. The Balaban J connectivity index is 2.11. The van der Waals surface area contributed by atoms with Crippen LogP contribution in [0.5, 0.6) is 5.75 Å². The van der Waals surface area contributed by atoms with E-state index >= 15 is 0 Å². The largest absolute Gasteiger partial charge is 0.495 e. The van der Waals surface area contributed by atoms with E-state index in [1.54, 1.807) is 36.7 Å². The van der Waals surface area contributed by atoms with Gasteiger partial charge in [-0.15, -0.1) is 0 Å². The van der Waals surface area contributed by atoms with Gasteiger partial charge >= 0.3 is 5.97 Å². The van der Waals surface area contributed by atoms with Crippen molar-refractivity contribution in [2.75, 3.05) is 7.11 Å². The number of nitrogens with one attached hydrogen (secondary N) is 1. The van der Waals surface area contributed by atoms with Crippen LogP contribution in [-0.4, -0.2) is 49.5 Å². The number of rotatable bonds is 13. The summed E-state index contributed by atoms with van der Waals surface area (Å²) in [4.78, 5) is 28.7. The lowest BCUT2D eigenvalue weighted by Gasteiger charge is -2.40. The number of halogens is 1. The summed E-state index contributed by atoms with van der Waals surface area (Å²) < 4.78 is 11.9. The number of amides is 1. The third kappa shape index (κ3) is 10.3. The highest BCUT2D eigenvalue weighted by atomic mass is 35.5. The van der Waals surface area contributed by atoms with E-state index in [-0.39, 0.29) is 23.5 Å². The van der Waals surface area contributed by atoms with Gasteiger partial charge in [0, 0.05) is 18.8 Å². The lowest BCUT2D eigenvalue weighted by Crippen LogP contribution is -2.45. The second-order valence-corrected chi connectivity index (χ2v) is 16.3. The molecule has 1 amide bonds. The fraction of sp³-hybridized carbons (Fsp3) is 0.433. The number of hydrogen-bond acceptors (Lipinski definition) is 5. The Hall–Kier alpha value is -2.94. The fourth-order valence-corrected chi connectivity index (χ4v) is 5.29. The third-order valence-corrected chi connectivity index (χ3v) is 11.8. The molecule has 1 heterocycles. The Morgan fingerprint density at radius 1 is 1.23 bits per heavy atom. The van der Waals surface area contributed by atoms with E-state index in [2.05, 4.69) is 57.2 Å². The first-order valence-electron chi connectivity index (χ1n) is 13.0. The molecule has 0 aliphatic carbocycles. The van der Waals surface area contributed by atoms with Gasteiger partial charge in [-0.3, -0.25) is 9.78 Å². The summed E-state index contributed by atoms with van der Waals surface area (Å²) in [5.74, 6) is -1.04. The highest BCUT2D eigenvalue weighted by Crippen LogP contribution is 2.38. The molecule has 3 atom stereocenters. The molecule has 39 heavy (non-hydrogen) atoms. The van der Waals surface area contributed by atoms with Gasteiger partial charge in [-0.2, -0.15) is 0 Å². The van der Waals surface area contributed by atoms with Gasteiger partial charge in [0.05, 0.1) is 18.2 Å². The average molecular weight is 573 g/mol. The van der Waals surface area contributed by atoms with Crippen molar-refractivity contribution in [3.63, 3.8) is 0 Å². The molecule has 9 heteroatoms. The summed E-state index contributed by atoms with van der Waals surface area (Å²) in [5.41, 5.74) is 1.68. The van der Waals surface area contributed by atoms with Gasteiger partial charge in [-0.25, -0.2) is 4.79 Å². The zero-order valence-electron chi connectivity index (χ0n) is 23.9. The number of aromatic nitrogens is 1. The van der Waals surface area contributed by atoms with Crippen LogP contribution in [0.2, 0.25) is 23.2 Å². The van der Waals surface area contributed by atoms with E-state index in [1.807, 2.05) is 18.2 Å². The lowest BCUT2D eigenvalue weighted by molar-refractivity contribution is -0.141. The van der Waals surface area contributed by atoms with Crippen molar-refractivity contribution < 1.29 is 23.9 Å². The molecule has 2 rings (SSSR count). The second kappa shape index (κ2) is 14.4. The number of nitrogens with zero attached hydrogens (tertiary/aromatic N) is 1. The Bertz CT molecular complexity index is 1160. The highest BCUT2D eigenvalue weighted by Gasteiger charge is 2.39. The smallest absolute Gasteiger partial charge is 0.326 e. The molecule has 0 aliphatic rings. The van der Waals surface area contributed by atoms with E-state index in [9.17, 15) is 14.7 Å². The number of ether oxygens (including phenoxy) is 1. The van der Waals surface area contributed by atoms with Gasteiger partial charge in [0.1, 0.15) is 11.8 Å². The SMILES string of the molecule is COc1ccc(CC(NC(=O)/C=C/CC(O[Si](C)(C)C(C)(C)C)C(C)/C=C/c2cccnc2)C(=O)O)cc1Cl. The molecule has 212 valence electrons. The summed E-state index contributed by atoms with van der Waals surface area (Å²) in [6.07, 6.45) is 11.2. The minimum atomic E-state index is -2.09. The molecule has 2 N–H and O–H groups in total. The molecule has 0 saturated carbocycles. The van der Waals surface area contributed by atoms with Crippen molar-refractivity contribution in [1.82, 2.24) is 10.3 Å². The van der Waals surface area contributed by atoms with Crippen molar-refractivity contribution in [2.24, 2.45) is 5.92 Å². The van der Waals surface area contributed by atoms with Crippen LogP contribution in [0.15, 0.2) is 61.0 Å². The van der Waals surface area contributed by atoms with Crippen LogP contribution in [-0.2, 0) is 20.4 Å². The minimum Gasteiger partial charge on any atom is -0.495 e. The molecule has 2 aromatic rings. The lowest BCUT2D eigenvalue weighted by atomic mass is 10.0. The molecule has 0 saturated heterocycles. The van der Waals surface area contributed by atoms with Crippen molar-refractivity contribution in [3.05, 3.63) is 77.1 Å². The predicted molar refractivity (Wildman–Crippen MR) is 160 cm³/mol. The van der Waals surface area contributed by atoms with E-state index in [4.69, 9.17) is 20.8 Å². The summed E-state index contributed by atoms with van der Waals surface area (Å²) in [5, 5.41) is 12.7. The Morgan fingerprint density at radius 2 is 1.95 bits per heavy atom. The van der Waals surface area contributed by atoms with E-state index < -0.39 is 26.2 Å². The summed E-state index contributed by atoms with van der Waals surface area (Å²) in [7, 11) is -0.583. The maximum Gasteiger partial charge on any atom is 0.326 e. The Morgan fingerprint density at radius 3 is 2.51 bits per heavy atom. The summed E-state index contributed by atoms with van der Waals surface area (Å²) in [6, 6.07) is 7.82. The molecule has 7 nitrogen and oxygen atoms in total. The third-order valence-electron chi connectivity index (χ3n) is 7.02. The maximum atomic E-state index is 12.7. The molecular weight excluding hydrogens is 532 g/mol. The maximum absolute atomic E-state index is 12.7. The Labute approximate surface area is 238 Å². The zero-order valence-corrected chi connectivity index (χ0v) is 25.7. The van der Waals surface area contributed by atoms with Gasteiger partial charge in [0.2, 0.25) is 5.91 Å². The minimum absolute atomic E-state index is 0.0260. The van der Waals surface area contributed by atoms with Gasteiger partial charge in [0.25, 0.3) is 0 Å². The number of methoxy groups -OCH3 is 1. The van der Waals surface area contributed by atoms with Crippen LogP contribution in [0.4, 0.5) is 0 Å². The van der Waals surface area contributed by atoms with Crippen LogP contribution >= 0.6 is 11.6 Å². The molecule has 1 aromatic carbocycles. The first-order chi connectivity index (χ1) is 18.2. The molecule has 1 aromatic heterocycles. The van der Waals surface area contributed by atoms with Crippen LogP contribution in [0.1, 0.15) is 45.2 Å². The average Bonchev–Trinajstić information content (AvgIpc) is 2.86. The number of hydrogen-bond donors (Lipinski definition) is 2.